The van der Waals surface area contributed by atoms with Gasteiger partial charge in [0.1, 0.15) is 5.75 Å². The molecule has 0 aliphatic heterocycles. The molecule has 3 heteroatoms. The van der Waals surface area contributed by atoms with Gasteiger partial charge in [0.2, 0.25) is 0 Å². The van der Waals surface area contributed by atoms with Crippen molar-refractivity contribution in [1.82, 2.24) is 5.32 Å². The van der Waals surface area contributed by atoms with Gasteiger partial charge >= 0.3 is 0 Å². The number of phenolic OH excluding ortho intramolecular Hbond substituents is 1. The minimum absolute atomic E-state index is 0.0931. The summed E-state index contributed by atoms with van der Waals surface area (Å²) >= 11 is 0. The zero-order valence-corrected chi connectivity index (χ0v) is 11.1. The second kappa shape index (κ2) is 5.42. The lowest BCUT2D eigenvalue weighted by Gasteiger charge is -2.16. The number of hydrogen-bond donors (Lipinski definition) is 2. The van der Waals surface area contributed by atoms with Crippen LogP contribution >= 0.6 is 0 Å². The number of benzene rings is 1. The Morgan fingerprint density at radius 2 is 2.22 bits per heavy atom. The quantitative estimate of drug-likeness (QED) is 0.863. The van der Waals surface area contributed by atoms with Crippen LogP contribution in [-0.2, 0) is 0 Å². The van der Waals surface area contributed by atoms with Crippen molar-refractivity contribution >= 4 is 5.91 Å². The first-order chi connectivity index (χ1) is 8.58. The smallest absolute Gasteiger partial charge is 0.251 e. The van der Waals surface area contributed by atoms with Gasteiger partial charge in [0.05, 0.1) is 0 Å². The number of nitrogens with one attached hydrogen (secondary N) is 1. The Labute approximate surface area is 108 Å². The maximum atomic E-state index is 11.9. The van der Waals surface area contributed by atoms with Gasteiger partial charge in [-0.15, -0.1) is 0 Å². The van der Waals surface area contributed by atoms with Crippen LogP contribution in [0.5, 0.6) is 5.75 Å². The summed E-state index contributed by atoms with van der Waals surface area (Å²) in [4.78, 5) is 11.9. The molecule has 0 heterocycles. The first kappa shape index (κ1) is 12.9. The van der Waals surface area contributed by atoms with E-state index in [0.29, 0.717) is 17.4 Å². The van der Waals surface area contributed by atoms with E-state index in [-0.39, 0.29) is 11.7 Å². The van der Waals surface area contributed by atoms with Crippen LogP contribution in [0.15, 0.2) is 18.2 Å². The Hall–Kier alpha value is -1.51. The third-order valence-electron chi connectivity index (χ3n) is 4.04. The summed E-state index contributed by atoms with van der Waals surface area (Å²) in [5.41, 5.74) is 1.32. The Balaban J connectivity index is 1.93. The first-order valence-electron chi connectivity index (χ1n) is 6.65. The lowest BCUT2D eigenvalue weighted by molar-refractivity contribution is 0.0944. The normalized spacial score (nSPS) is 23.0. The predicted molar refractivity (Wildman–Crippen MR) is 71.7 cm³/mol. The Morgan fingerprint density at radius 3 is 2.83 bits per heavy atom. The fourth-order valence-electron chi connectivity index (χ4n) is 2.60. The Bertz CT molecular complexity index is 442. The van der Waals surface area contributed by atoms with E-state index >= 15 is 0 Å². The van der Waals surface area contributed by atoms with E-state index in [4.69, 9.17) is 0 Å². The molecule has 1 aliphatic carbocycles. The largest absolute Gasteiger partial charge is 0.508 e. The zero-order chi connectivity index (χ0) is 13.1. The third-order valence-corrected chi connectivity index (χ3v) is 4.04. The molecule has 2 unspecified atom stereocenters. The van der Waals surface area contributed by atoms with Gasteiger partial charge in [0.15, 0.2) is 0 Å². The number of carbonyl (C=O) groups excluding carboxylic acids is 1. The lowest BCUT2D eigenvalue weighted by atomic mass is 9.98. The number of aryl methyl sites for hydroxylation is 1. The summed E-state index contributed by atoms with van der Waals surface area (Å²) < 4.78 is 0. The van der Waals surface area contributed by atoms with Crippen molar-refractivity contribution < 1.29 is 9.90 Å². The van der Waals surface area contributed by atoms with Gasteiger partial charge in [-0.1, -0.05) is 25.8 Å². The van der Waals surface area contributed by atoms with Crippen molar-refractivity contribution in [3.8, 4) is 5.75 Å². The molecule has 1 aliphatic rings. The van der Waals surface area contributed by atoms with Crippen LogP contribution in [0.25, 0.3) is 0 Å². The van der Waals surface area contributed by atoms with Gasteiger partial charge in [-0.25, -0.2) is 0 Å². The highest BCUT2D eigenvalue weighted by Crippen LogP contribution is 2.30. The van der Waals surface area contributed by atoms with Crippen LogP contribution in [0.3, 0.4) is 0 Å². The zero-order valence-electron chi connectivity index (χ0n) is 11.1. The van der Waals surface area contributed by atoms with E-state index < -0.39 is 0 Å². The van der Waals surface area contributed by atoms with Crippen molar-refractivity contribution in [2.24, 2.45) is 11.8 Å². The molecule has 1 amide bonds. The molecular weight excluding hydrogens is 226 g/mol. The van der Waals surface area contributed by atoms with Crippen LogP contribution < -0.4 is 5.32 Å². The number of carbonyl (C=O) groups is 1. The molecule has 0 saturated heterocycles. The maximum Gasteiger partial charge on any atom is 0.251 e. The first-order valence-corrected chi connectivity index (χ1v) is 6.65. The molecule has 0 spiro atoms. The van der Waals surface area contributed by atoms with Gasteiger partial charge in [-0.05, 0) is 42.9 Å². The molecule has 3 nitrogen and oxygen atoms in total. The van der Waals surface area contributed by atoms with Crippen molar-refractivity contribution in [2.75, 3.05) is 6.54 Å². The SMILES string of the molecule is Cc1ccc(C(=O)NCC2CCCC2C)cc1O. The summed E-state index contributed by atoms with van der Waals surface area (Å²) in [6.45, 7) is 4.81. The predicted octanol–water partition coefficient (Wildman–Crippen LogP) is 2.87. The van der Waals surface area contributed by atoms with E-state index in [2.05, 4.69) is 12.2 Å². The van der Waals surface area contributed by atoms with Crippen molar-refractivity contribution in [3.05, 3.63) is 29.3 Å². The molecular formula is C15H21NO2. The van der Waals surface area contributed by atoms with Gasteiger partial charge in [-0.2, -0.15) is 0 Å². The Kier molecular flexibility index (Phi) is 3.90. The monoisotopic (exact) mass is 247 g/mol. The number of hydrogen-bond acceptors (Lipinski definition) is 2. The molecule has 1 aromatic rings. The highest BCUT2D eigenvalue weighted by atomic mass is 16.3. The average molecular weight is 247 g/mol. The third kappa shape index (κ3) is 2.84. The lowest BCUT2D eigenvalue weighted by Crippen LogP contribution is -2.30. The average Bonchev–Trinajstić information content (AvgIpc) is 2.75. The van der Waals surface area contributed by atoms with Crippen LogP contribution in [0, 0.1) is 18.8 Å². The minimum atomic E-state index is -0.0931. The van der Waals surface area contributed by atoms with Crippen molar-refractivity contribution in [2.45, 2.75) is 33.1 Å². The molecule has 0 bridgehead atoms. The number of phenols is 1. The molecule has 0 aromatic heterocycles. The molecule has 1 aromatic carbocycles. The van der Waals surface area contributed by atoms with E-state index in [0.717, 1.165) is 12.1 Å². The summed E-state index contributed by atoms with van der Waals surface area (Å²) in [6.07, 6.45) is 3.75. The summed E-state index contributed by atoms with van der Waals surface area (Å²) in [7, 11) is 0. The van der Waals surface area contributed by atoms with Gasteiger partial charge in [0.25, 0.3) is 5.91 Å². The topological polar surface area (TPSA) is 49.3 Å². The Morgan fingerprint density at radius 1 is 1.44 bits per heavy atom. The summed E-state index contributed by atoms with van der Waals surface area (Å²) in [5, 5.41) is 12.6. The fraction of sp³-hybridized carbons (Fsp3) is 0.533. The second-order valence-electron chi connectivity index (χ2n) is 5.38. The van der Waals surface area contributed by atoms with E-state index in [1.807, 2.05) is 6.92 Å². The molecule has 2 rings (SSSR count). The minimum Gasteiger partial charge on any atom is -0.508 e. The maximum absolute atomic E-state index is 11.9. The fourth-order valence-corrected chi connectivity index (χ4v) is 2.60. The number of amides is 1. The standard InChI is InChI=1S/C15H21NO2/c1-10-4-3-5-13(10)9-16-15(18)12-7-6-11(2)14(17)8-12/h6-8,10,13,17H,3-5,9H2,1-2H3,(H,16,18). The number of aromatic hydroxyl groups is 1. The van der Waals surface area contributed by atoms with Crippen LogP contribution in [-0.4, -0.2) is 17.6 Å². The van der Waals surface area contributed by atoms with Crippen LogP contribution in [0.2, 0.25) is 0 Å². The highest BCUT2D eigenvalue weighted by Gasteiger charge is 2.23. The number of rotatable bonds is 3. The molecule has 2 atom stereocenters. The molecule has 1 fully saturated rings. The van der Waals surface area contributed by atoms with Crippen molar-refractivity contribution in [1.29, 1.82) is 0 Å². The summed E-state index contributed by atoms with van der Waals surface area (Å²) in [5.74, 6) is 1.39. The molecule has 98 valence electrons. The molecule has 0 radical (unpaired) electrons. The molecule has 2 N–H and O–H groups in total. The van der Waals surface area contributed by atoms with Gasteiger partial charge in [0, 0.05) is 12.1 Å². The van der Waals surface area contributed by atoms with E-state index in [1.165, 1.54) is 25.3 Å². The molecule has 18 heavy (non-hydrogen) atoms. The molecule has 1 saturated carbocycles. The van der Waals surface area contributed by atoms with Crippen LogP contribution in [0.4, 0.5) is 0 Å². The van der Waals surface area contributed by atoms with Crippen LogP contribution in [0.1, 0.15) is 42.1 Å². The van der Waals surface area contributed by atoms with E-state index in [9.17, 15) is 9.90 Å². The summed E-state index contributed by atoms with van der Waals surface area (Å²) in [6, 6.07) is 5.05. The van der Waals surface area contributed by atoms with Crippen molar-refractivity contribution in [3.63, 3.8) is 0 Å². The second-order valence-corrected chi connectivity index (χ2v) is 5.38. The highest BCUT2D eigenvalue weighted by molar-refractivity contribution is 5.94. The van der Waals surface area contributed by atoms with Gasteiger partial charge in [-0.3, -0.25) is 4.79 Å². The van der Waals surface area contributed by atoms with E-state index in [1.54, 1.807) is 12.1 Å². The van der Waals surface area contributed by atoms with Gasteiger partial charge < -0.3 is 10.4 Å².